The van der Waals surface area contributed by atoms with Gasteiger partial charge in [0.15, 0.2) is 0 Å². The number of hydrogen-bond acceptors (Lipinski definition) is 0. The van der Waals surface area contributed by atoms with E-state index in [0.717, 1.165) is 35.6 Å². The van der Waals surface area contributed by atoms with Gasteiger partial charge < -0.3 is 0 Å². The molecule has 0 bridgehead atoms. The number of benzene rings is 2. The number of allylic oxidation sites excluding steroid dienone is 1. The fraction of sp³-hybridized carbons (Fsp3) is 0.273. The van der Waals surface area contributed by atoms with Crippen LogP contribution in [0.15, 0.2) is 54.6 Å². The molecule has 0 amide bonds. The SMILES string of the molecule is CCCc1ccc(C#Cc2ccc(/C=C/C(F)(F)CC)cc2)cc1. The summed E-state index contributed by atoms with van der Waals surface area (Å²) in [5.74, 6) is 3.48. The normalized spacial score (nSPS) is 11.3. The van der Waals surface area contributed by atoms with E-state index in [1.165, 1.54) is 18.6 Å². The highest BCUT2D eigenvalue weighted by Gasteiger charge is 2.20. The average molecular weight is 324 g/mol. The van der Waals surface area contributed by atoms with E-state index in [-0.39, 0.29) is 6.42 Å². The first-order valence-electron chi connectivity index (χ1n) is 8.30. The number of halogens is 2. The monoisotopic (exact) mass is 324 g/mol. The Kier molecular flexibility index (Phi) is 6.32. The summed E-state index contributed by atoms with van der Waals surface area (Å²) < 4.78 is 26.4. The topological polar surface area (TPSA) is 0 Å². The largest absolute Gasteiger partial charge is 0.266 e. The Morgan fingerprint density at radius 3 is 1.92 bits per heavy atom. The van der Waals surface area contributed by atoms with Crippen LogP contribution < -0.4 is 0 Å². The smallest absolute Gasteiger partial charge is 0.202 e. The van der Waals surface area contributed by atoms with Crippen LogP contribution in [0.2, 0.25) is 0 Å². The summed E-state index contributed by atoms with van der Waals surface area (Å²) in [5.41, 5.74) is 3.91. The molecule has 0 aliphatic heterocycles. The first-order chi connectivity index (χ1) is 11.5. The standard InChI is InChI=1S/C22H22F2/c1-3-5-18-6-8-19(9-7-18)10-11-20-12-14-21(15-13-20)16-17-22(23,24)4-2/h6-9,12-17H,3-5H2,1-2H3/b17-16+. The van der Waals surface area contributed by atoms with Crippen molar-refractivity contribution >= 4 is 6.08 Å². The lowest BCUT2D eigenvalue weighted by Crippen LogP contribution is -2.08. The van der Waals surface area contributed by atoms with Crippen molar-refractivity contribution < 1.29 is 8.78 Å². The molecule has 0 unspecified atom stereocenters. The second-order valence-corrected chi connectivity index (χ2v) is 5.77. The van der Waals surface area contributed by atoms with Gasteiger partial charge in [-0.05, 0) is 47.9 Å². The summed E-state index contributed by atoms with van der Waals surface area (Å²) in [5, 5.41) is 0. The lowest BCUT2D eigenvalue weighted by atomic mass is 10.1. The van der Waals surface area contributed by atoms with Gasteiger partial charge in [0.25, 0.3) is 5.92 Å². The van der Waals surface area contributed by atoms with Crippen molar-refractivity contribution in [1.82, 2.24) is 0 Å². The molecule has 0 saturated carbocycles. The van der Waals surface area contributed by atoms with Crippen LogP contribution in [0.1, 0.15) is 48.9 Å². The van der Waals surface area contributed by atoms with E-state index < -0.39 is 5.92 Å². The first kappa shape index (κ1) is 17.9. The second kappa shape index (κ2) is 8.45. The molecule has 0 radical (unpaired) electrons. The maximum atomic E-state index is 13.2. The molecule has 0 nitrogen and oxygen atoms in total. The van der Waals surface area contributed by atoms with Gasteiger partial charge in [-0.25, -0.2) is 8.78 Å². The van der Waals surface area contributed by atoms with E-state index in [4.69, 9.17) is 0 Å². The highest BCUT2D eigenvalue weighted by atomic mass is 19.3. The molecule has 24 heavy (non-hydrogen) atoms. The van der Waals surface area contributed by atoms with Crippen LogP contribution in [-0.4, -0.2) is 5.92 Å². The van der Waals surface area contributed by atoms with Crippen molar-refractivity contribution in [3.63, 3.8) is 0 Å². The highest BCUT2D eigenvalue weighted by molar-refractivity contribution is 5.53. The maximum Gasteiger partial charge on any atom is 0.266 e. The number of hydrogen-bond donors (Lipinski definition) is 0. The van der Waals surface area contributed by atoms with E-state index in [9.17, 15) is 8.78 Å². The van der Waals surface area contributed by atoms with E-state index in [1.807, 2.05) is 24.3 Å². The lowest BCUT2D eigenvalue weighted by Gasteiger charge is -2.06. The van der Waals surface area contributed by atoms with Gasteiger partial charge in [0.05, 0.1) is 0 Å². The molecule has 0 heterocycles. The Bertz CT molecular complexity index is 726. The minimum atomic E-state index is -2.75. The fourth-order valence-electron chi connectivity index (χ4n) is 2.20. The second-order valence-electron chi connectivity index (χ2n) is 5.77. The lowest BCUT2D eigenvalue weighted by molar-refractivity contribution is 0.0520. The van der Waals surface area contributed by atoms with Crippen molar-refractivity contribution in [3.8, 4) is 11.8 Å². The van der Waals surface area contributed by atoms with Crippen molar-refractivity contribution in [2.24, 2.45) is 0 Å². The minimum Gasteiger partial charge on any atom is -0.202 e. The third kappa shape index (κ3) is 5.66. The molecular weight excluding hydrogens is 302 g/mol. The predicted octanol–water partition coefficient (Wildman–Crippen LogP) is 6.10. The van der Waals surface area contributed by atoms with Gasteiger partial charge in [0, 0.05) is 17.5 Å². The summed E-state index contributed by atoms with van der Waals surface area (Å²) >= 11 is 0. The quantitative estimate of drug-likeness (QED) is 0.583. The Morgan fingerprint density at radius 1 is 0.875 bits per heavy atom. The van der Waals surface area contributed by atoms with Crippen molar-refractivity contribution in [1.29, 1.82) is 0 Å². The van der Waals surface area contributed by atoms with Gasteiger partial charge in [-0.2, -0.15) is 0 Å². The number of alkyl halides is 2. The van der Waals surface area contributed by atoms with Crippen LogP contribution in [0.5, 0.6) is 0 Å². The molecule has 0 saturated heterocycles. The van der Waals surface area contributed by atoms with Crippen LogP contribution in [0.25, 0.3) is 6.08 Å². The molecule has 2 aromatic rings. The zero-order chi connectivity index (χ0) is 17.4. The summed E-state index contributed by atoms with van der Waals surface area (Å²) in [7, 11) is 0. The minimum absolute atomic E-state index is 0.190. The highest BCUT2D eigenvalue weighted by Crippen LogP contribution is 2.20. The van der Waals surface area contributed by atoms with Crippen molar-refractivity contribution in [2.45, 2.75) is 39.0 Å². The molecule has 0 fully saturated rings. The molecule has 2 aromatic carbocycles. The van der Waals surface area contributed by atoms with Crippen molar-refractivity contribution in [2.75, 3.05) is 0 Å². The van der Waals surface area contributed by atoms with Gasteiger partial charge in [-0.15, -0.1) is 0 Å². The molecule has 0 N–H and O–H groups in total. The maximum absolute atomic E-state index is 13.2. The molecule has 0 aliphatic carbocycles. The zero-order valence-electron chi connectivity index (χ0n) is 14.2. The Balaban J connectivity index is 2.04. The van der Waals surface area contributed by atoms with Crippen LogP contribution in [0.3, 0.4) is 0 Å². The molecule has 0 aliphatic rings. The van der Waals surface area contributed by atoms with E-state index in [0.29, 0.717) is 0 Å². The fourth-order valence-corrected chi connectivity index (χ4v) is 2.20. The molecule has 0 atom stereocenters. The van der Waals surface area contributed by atoms with E-state index >= 15 is 0 Å². The number of aryl methyl sites for hydroxylation is 1. The van der Waals surface area contributed by atoms with Gasteiger partial charge in [0.2, 0.25) is 0 Å². The number of rotatable bonds is 5. The van der Waals surface area contributed by atoms with Crippen LogP contribution in [-0.2, 0) is 6.42 Å². The van der Waals surface area contributed by atoms with Crippen molar-refractivity contribution in [3.05, 3.63) is 76.9 Å². The zero-order valence-corrected chi connectivity index (χ0v) is 14.2. The molecule has 124 valence electrons. The van der Waals surface area contributed by atoms with Gasteiger partial charge >= 0.3 is 0 Å². The predicted molar refractivity (Wildman–Crippen MR) is 97.1 cm³/mol. The van der Waals surface area contributed by atoms with Crippen LogP contribution in [0, 0.1) is 11.8 Å². The van der Waals surface area contributed by atoms with E-state index in [2.05, 4.69) is 30.9 Å². The summed E-state index contributed by atoms with van der Waals surface area (Å²) in [6, 6.07) is 15.6. The Labute approximate surface area is 143 Å². The first-order valence-corrected chi connectivity index (χ1v) is 8.30. The van der Waals surface area contributed by atoms with Crippen LogP contribution in [0.4, 0.5) is 8.78 Å². The molecule has 0 aromatic heterocycles. The third-order valence-electron chi connectivity index (χ3n) is 3.75. The van der Waals surface area contributed by atoms with Gasteiger partial charge in [-0.3, -0.25) is 0 Å². The molecule has 2 rings (SSSR count). The average Bonchev–Trinajstić information content (AvgIpc) is 2.61. The van der Waals surface area contributed by atoms with Gasteiger partial charge in [0.1, 0.15) is 0 Å². The third-order valence-corrected chi connectivity index (χ3v) is 3.75. The van der Waals surface area contributed by atoms with Gasteiger partial charge in [-0.1, -0.05) is 62.5 Å². The van der Waals surface area contributed by atoms with Crippen LogP contribution >= 0.6 is 0 Å². The molecule has 2 heteroatoms. The molecule has 0 spiro atoms. The summed E-state index contributed by atoms with van der Waals surface area (Å²) in [4.78, 5) is 0. The Morgan fingerprint density at radius 2 is 1.42 bits per heavy atom. The Hall–Kier alpha value is -2.40. The van der Waals surface area contributed by atoms with E-state index in [1.54, 1.807) is 12.1 Å². The summed E-state index contributed by atoms with van der Waals surface area (Å²) in [6.45, 7) is 3.63. The summed E-state index contributed by atoms with van der Waals surface area (Å²) in [6.07, 6.45) is 4.43. The molecular formula is C22H22F2.